The third kappa shape index (κ3) is 2.01. The second kappa shape index (κ2) is 4.33. The molecule has 0 atom stereocenters. The summed E-state index contributed by atoms with van der Waals surface area (Å²) in [6, 6.07) is 9.81. The van der Waals surface area contributed by atoms with Crippen LogP contribution in [-0.4, -0.2) is 5.91 Å². The minimum Gasteiger partial charge on any atom is -0.365 e. The minimum atomic E-state index is -0.915. The highest BCUT2D eigenvalue weighted by atomic mass is 19.1. The molecule has 2 nitrogen and oxygen atoms in total. The predicted octanol–water partition coefficient (Wildman–Crippen LogP) is 2.73. The summed E-state index contributed by atoms with van der Waals surface area (Å²) in [5.41, 5.74) is 5.12. The third-order valence-electron chi connectivity index (χ3n) is 2.42. The smallest absolute Gasteiger partial charge is 0.252 e. The van der Waals surface area contributed by atoms with Crippen LogP contribution in [0, 0.1) is 11.6 Å². The standard InChI is InChI=1S/C13H9F2NO/c14-10-6-2-1-4-8(10)9-5-3-7-11(15)12(9)13(16)17/h1-7H,(H2,16,17). The molecule has 0 aromatic heterocycles. The Morgan fingerprint density at radius 3 is 2.12 bits per heavy atom. The molecule has 0 unspecified atom stereocenters. The van der Waals surface area contributed by atoms with E-state index in [0.717, 1.165) is 6.07 Å². The lowest BCUT2D eigenvalue weighted by molar-refractivity contribution is 0.0997. The van der Waals surface area contributed by atoms with Crippen LogP contribution in [0.5, 0.6) is 0 Å². The molecule has 0 bridgehead atoms. The molecule has 0 spiro atoms. The summed E-state index contributed by atoms with van der Waals surface area (Å²) in [7, 11) is 0. The number of rotatable bonds is 2. The molecule has 0 fully saturated rings. The molecule has 0 saturated heterocycles. The summed E-state index contributed by atoms with van der Waals surface area (Å²) in [5.74, 6) is -2.19. The topological polar surface area (TPSA) is 43.1 Å². The first-order valence-electron chi connectivity index (χ1n) is 4.94. The van der Waals surface area contributed by atoms with Gasteiger partial charge < -0.3 is 5.73 Å². The zero-order valence-electron chi connectivity index (χ0n) is 8.78. The zero-order chi connectivity index (χ0) is 12.4. The lowest BCUT2D eigenvalue weighted by atomic mass is 9.98. The van der Waals surface area contributed by atoms with E-state index in [9.17, 15) is 13.6 Å². The van der Waals surface area contributed by atoms with Crippen molar-refractivity contribution in [1.82, 2.24) is 0 Å². The van der Waals surface area contributed by atoms with Gasteiger partial charge >= 0.3 is 0 Å². The SMILES string of the molecule is NC(=O)c1c(F)cccc1-c1ccccc1F. The molecule has 0 aliphatic heterocycles. The van der Waals surface area contributed by atoms with E-state index in [0.29, 0.717) is 0 Å². The maximum atomic E-state index is 13.6. The molecule has 2 N–H and O–H groups in total. The molecule has 17 heavy (non-hydrogen) atoms. The van der Waals surface area contributed by atoms with E-state index in [4.69, 9.17) is 5.73 Å². The normalized spacial score (nSPS) is 10.2. The average Bonchev–Trinajstić information content (AvgIpc) is 2.28. The number of nitrogens with two attached hydrogens (primary N) is 1. The van der Waals surface area contributed by atoms with Crippen LogP contribution in [0.3, 0.4) is 0 Å². The number of hydrogen-bond acceptors (Lipinski definition) is 1. The van der Waals surface area contributed by atoms with Crippen LogP contribution in [0.2, 0.25) is 0 Å². The van der Waals surface area contributed by atoms with Crippen molar-refractivity contribution in [2.75, 3.05) is 0 Å². The van der Waals surface area contributed by atoms with Gasteiger partial charge in [-0.1, -0.05) is 30.3 Å². The van der Waals surface area contributed by atoms with Crippen molar-refractivity contribution in [1.29, 1.82) is 0 Å². The summed E-state index contributed by atoms with van der Waals surface area (Å²) in [6.45, 7) is 0. The van der Waals surface area contributed by atoms with Crippen LogP contribution >= 0.6 is 0 Å². The van der Waals surface area contributed by atoms with Gasteiger partial charge in [-0.05, 0) is 12.1 Å². The average molecular weight is 233 g/mol. The molecule has 4 heteroatoms. The van der Waals surface area contributed by atoms with Gasteiger partial charge in [0.1, 0.15) is 11.6 Å². The van der Waals surface area contributed by atoms with Crippen LogP contribution in [-0.2, 0) is 0 Å². The molecule has 2 aromatic carbocycles. The van der Waals surface area contributed by atoms with Crippen molar-refractivity contribution in [2.45, 2.75) is 0 Å². The van der Waals surface area contributed by atoms with E-state index in [1.54, 1.807) is 6.07 Å². The van der Waals surface area contributed by atoms with Crippen LogP contribution in [0.1, 0.15) is 10.4 Å². The highest BCUT2D eigenvalue weighted by molar-refractivity contribution is 6.00. The van der Waals surface area contributed by atoms with Gasteiger partial charge in [0.05, 0.1) is 5.56 Å². The number of halogens is 2. The Kier molecular flexibility index (Phi) is 2.87. The first kappa shape index (κ1) is 11.3. The molecule has 0 aliphatic rings. The Morgan fingerprint density at radius 1 is 0.882 bits per heavy atom. The predicted molar refractivity (Wildman–Crippen MR) is 60.3 cm³/mol. The van der Waals surface area contributed by atoms with Gasteiger partial charge in [-0.2, -0.15) is 0 Å². The molecule has 1 amide bonds. The molecular weight excluding hydrogens is 224 g/mol. The fraction of sp³-hybridized carbons (Fsp3) is 0. The van der Waals surface area contributed by atoms with Crippen molar-refractivity contribution in [3.8, 4) is 11.1 Å². The highest BCUT2D eigenvalue weighted by Crippen LogP contribution is 2.27. The summed E-state index contributed by atoms with van der Waals surface area (Å²) in [6.07, 6.45) is 0. The highest BCUT2D eigenvalue weighted by Gasteiger charge is 2.16. The Balaban J connectivity index is 2.72. The Morgan fingerprint density at radius 2 is 1.47 bits per heavy atom. The Hall–Kier alpha value is -2.23. The number of benzene rings is 2. The van der Waals surface area contributed by atoms with E-state index < -0.39 is 17.5 Å². The van der Waals surface area contributed by atoms with Gasteiger partial charge in [0.15, 0.2) is 0 Å². The van der Waals surface area contributed by atoms with Crippen molar-refractivity contribution >= 4 is 5.91 Å². The molecule has 2 aromatic rings. The zero-order valence-corrected chi connectivity index (χ0v) is 8.78. The molecule has 0 heterocycles. The number of carbonyl (C=O) groups is 1. The monoisotopic (exact) mass is 233 g/mol. The van der Waals surface area contributed by atoms with Gasteiger partial charge in [0, 0.05) is 11.1 Å². The third-order valence-corrected chi connectivity index (χ3v) is 2.42. The first-order chi connectivity index (χ1) is 8.11. The Bertz CT molecular complexity index is 581. The van der Waals surface area contributed by atoms with Gasteiger partial charge in [-0.15, -0.1) is 0 Å². The molecule has 0 aliphatic carbocycles. The fourth-order valence-electron chi connectivity index (χ4n) is 1.68. The largest absolute Gasteiger partial charge is 0.365 e. The molecule has 2 rings (SSSR count). The summed E-state index contributed by atoms with van der Waals surface area (Å²) in [4.78, 5) is 11.2. The lowest BCUT2D eigenvalue weighted by Crippen LogP contribution is -2.14. The minimum absolute atomic E-state index is 0.154. The van der Waals surface area contributed by atoms with Crippen molar-refractivity contribution in [3.63, 3.8) is 0 Å². The summed E-state index contributed by atoms with van der Waals surface area (Å²) < 4.78 is 27.1. The maximum absolute atomic E-state index is 13.6. The van der Waals surface area contributed by atoms with Crippen LogP contribution in [0.25, 0.3) is 11.1 Å². The Labute approximate surface area is 96.7 Å². The maximum Gasteiger partial charge on any atom is 0.252 e. The van der Waals surface area contributed by atoms with Crippen molar-refractivity contribution in [2.24, 2.45) is 5.73 Å². The van der Waals surface area contributed by atoms with Crippen LogP contribution in [0.4, 0.5) is 8.78 Å². The van der Waals surface area contributed by atoms with Crippen molar-refractivity contribution < 1.29 is 13.6 Å². The second-order valence-electron chi connectivity index (χ2n) is 3.51. The van der Waals surface area contributed by atoms with Gasteiger partial charge in [0.2, 0.25) is 0 Å². The van der Waals surface area contributed by atoms with E-state index in [1.165, 1.54) is 30.3 Å². The number of carbonyl (C=O) groups excluding carboxylic acids is 1. The van der Waals surface area contributed by atoms with E-state index >= 15 is 0 Å². The summed E-state index contributed by atoms with van der Waals surface area (Å²) in [5, 5.41) is 0. The first-order valence-corrected chi connectivity index (χ1v) is 4.94. The van der Waals surface area contributed by atoms with Crippen molar-refractivity contribution in [3.05, 3.63) is 59.7 Å². The van der Waals surface area contributed by atoms with E-state index in [-0.39, 0.29) is 16.7 Å². The van der Waals surface area contributed by atoms with E-state index in [1.807, 2.05) is 0 Å². The lowest BCUT2D eigenvalue weighted by Gasteiger charge is -2.08. The van der Waals surface area contributed by atoms with Gasteiger partial charge in [0.25, 0.3) is 5.91 Å². The second-order valence-corrected chi connectivity index (χ2v) is 3.51. The van der Waals surface area contributed by atoms with Crippen LogP contribution < -0.4 is 5.73 Å². The molecule has 86 valence electrons. The number of hydrogen-bond donors (Lipinski definition) is 1. The molecule has 0 saturated carbocycles. The molecular formula is C13H9F2NO. The van der Waals surface area contributed by atoms with E-state index in [2.05, 4.69) is 0 Å². The summed E-state index contributed by atoms with van der Waals surface area (Å²) >= 11 is 0. The quantitative estimate of drug-likeness (QED) is 0.851. The number of amides is 1. The number of primary amides is 1. The fourth-order valence-corrected chi connectivity index (χ4v) is 1.68. The van der Waals surface area contributed by atoms with Gasteiger partial charge in [-0.3, -0.25) is 4.79 Å². The van der Waals surface area contributed by atoms with Crippen LogP contribution in [0.15, 0.2) is 42.5 Å². The van der Waals surface area contributed by atoms with Gasteiger partial charge in [-0.25, -0.2) is 8.78 Å². The molecule has 0 radical (unpaired) electrons.